The zero-order valence-corrected chi connectivity index (χ0v) is 9.83. The van der Waals surface area contributed by atoms with Gasteiger partial charge in [0.05, 0.1) is 0 Å². The van der Waals surface area contributed by atoms with Gasteiger partial charge in [-0.15, -0.1) is 0 Å². The van der Waals surface area contributed by atoms with E-state index in [1.54, 1.807) is 0 Å². The Morgan fingerprint density at radius 3 is 2.75 bits per heavy atom. The normalized spacial score (nSPS) is 21.3. The van der Waals surface area contributed by atoms with Gasteiger partial charge in [-0.1, -0.05) is 36.2 Å². The minimum absolute atomic E-state index is 0.171. The largest absolute Gasteiger partial charge is 0.356 e. The van der Waals surface area contributed by atoms with Gasteiger partial charge in [-0.2, -0.15) is 0 Å². The molecule has 1 aliphatic rings. The third kappa shape index (κ3) is 2.84. The number of hydrogen-bond donors (Lipinski definition) is 1. The molecule has 0 radical (unpaired) electrons. The van der Waals surface area contributed by atoms with Gasteiger partial charge in [0.25, 0.3) is 0 Å². The maximum atomic E-state index is 11.8. The van der Waals surface area contributed by atoms with E-state index in [1.165, 1.54) is 11.1 Å². The number of amides is 1. The molecule has 0 aliphatic carbocycles. The minimum atomic E-state index is 0.171. The van der Waals surface area contributed by atoms with E-state index in [-0.39, 0.29) is 11.8 Å². The first-order valence-corrected chi connectivity index (χ1v) is 6.09. The molecule has 16 heavy (non-hydrogen) atoms. The molecule has 1 saturated heterocycles. The summed E-state index contributed by atoms with van der Waals surface area (Å²) < 4.78 is 0. The van der Waals surface area contributed by atoms with E-state index in [9.17, 15) is 4.79 Å². The lowest BCUT2D eigenvalue weighted by Crippen LogP contribution is -2.30. The Bertz CT molecular complexity index is 356. The van der Waals surface area contributed by atoms with Gasteiger partial charge in [0.1, 0.15) is 0 Å². The van der Waals surface area contributed by atoms with Crippen molar-refractivity contribution in [2.24, 2.45) is 5.92 Å². The molecule has 0 aromatic heterocycles. The van der Waals surface area contributed by atoms with Crippen molar-refractivity contribution in [1.82, 2.24) is 5.32 Å². The van der Waals surface area contributed by atoms with Gasteiger partial charge in [0.15, 0.2) is 0 Å². The molecule has 0 unspecified atom stereocenters. The van der Waals surface area contributed by atoms with Crippen LogP contribution in [0, 0.1) is 12.8 Å². The fraction of sp³-hybridized carbons (Fsp3) is 0.500. The van der Waals surface area contributed by atoms with Gasteiger partial charge < -0.3 is 5.32 Å². The Labute approximate surface area is 97.1 Å². The van der Waals surface area contributed by atoms with Gasteiger partial charge in [0, 0.05) is 12.5 Å². The molecule has 0 spiro atoms. The third-order valence-corrected chi connectivity index (χ3v) is 3.25. The summed E-state index contributed by atoms with van der Waals surface area (Å²) in [4.78, 5) is 11.8. The Morgan fingerprint density at radius 2 is 2.00 bits per heavy atom. The molecule has 86 valence electrons. The molecule has 1 atom stereocenters. The summed E-state index contributed by atoms with van der Waals surface area (Å²) in [6.45, 7) is 2.94. The van der Waals surface area contributed by atoms with Crippen molar-refractivity contribution in [3.63, 3.8) is 0 Å². The lowest BCUT2D eigenvalue weighted by molar-refractivity contribution is -0.124. The zero-order valence-electron chi connectivity index (χ0n) is 9.83. The molecule has 1 fully saturated rings. The highest BCUT2D eigenvalue weighted by molar-refractivity contribution is 5.79. The van der Waals surface area contributed by atoms with Crippen LogP contribution < -0.4 is 5.32 Å². The number of carbonyl (C=O) groups is 1. The first kappa shape index (κ1) is 11.2. The van der Waals surface area contributed by atoms with E-state index in [4.69, 9.17) is 0 Å². The fourth-order valence-corrected chi connectivity index (χ4v) is 2.21. The maximum Gasteiger partial charge on any atom is 0.223 e. The Kier molecular flexibility index (Phi) is 3.60. The fourth-order valence-electron chi connectivity index (χ4n) is 2.21. The van der Waals surface area contributed by atoms with Crippen molar-refractivity contribution in [2.75, 3.05) is 6.54 Å². The summed E-state index contributed by atoms with van der Waals surface area (Å²) in [6.07, 6.45) is 4.19. The van der Waals surface area contributed by atoms with Gasteiger partial charge >= 0.3 is 0 Å². The van der Waals surface area contributed by atoms with Crippen LogP contribution in [0.3, 0.4) is 0 Å². The van der Waals surface area contributed by atoms with Crippen LogP contribution in [0.5, 0.6) is 0 Å². The zero-order chi connectivity index (χ0) is 11.4. The Hall–Kier alpha value is -1.31. The summed E-state index contributed by atoms with van der Waals surface area (Å²) in [6, 6.07) is 8.49. The van der Waals surface area contributed by atoms with Crippen LogP contribution in [-0.4, -0.2) is 12.5 Å². The smallest absolute Gasteiger partial charge is 0.223 e. The molecule has 1 aromatic rings. The van der Waals surface area contributed by atoms with Gasteiger partial charge in [-0.3, -0.25) is 4.79 Å². The summed E-state index contributed by atoms with van der Waals surface area (Å²) in [5.41, 5.74) is 2.54. The predicted molar refractivity (Wildman–Crippen MR) is 65.2 cm³/mol. The van der Waals surface area contributed by atoms with E-state index in [1.807, 2.05) is 0 Å². The summed E-state index contributed by atoms with van der Waals surface area (Å²) in [5.74, 6) is 0.406. The molecule has 1 N–H and O–H groups in total. The first-order valence-electron chi connectivity index (χ1n) is 6.09. The lowest BCUT2D eigenvalue weighted by Gasteiger charge is -2.12. The van der Waals surface area contributed by atoms with Gasteiger partial charge in [-0.25, -0.2) is 0 Å². The third-order valence-electron chi connectivity index (χ3n) is 3.25. The second-order valence-corrected chi connectivity index (χ2v) is 4.67. The topological polar surface area (TPSA) is 29.1 Å². The van der Waals surface area contributed by atoms with Crippen LogP contribution in [0.25, 0.3) is 0 Å². The average Bonchev–Trinajstić information content (AvgIpc) is 2.48. The Balaban J connectivity index is 2.02. The van der Waals surface area contributed by atoms with Crippen molar-refractivity contribution in [3.8, 4) is 0 Å². The highest BCUT2D eigenvalue weighted by Gasteiger charge is 2.20. The van der Waals surface area contributed by atoms with Crippen molar-refractivity contribution >= 4 is 5.91 Å². The predicted octanol–water partition coefficient (Wildman–Crippen LogP) is 2.45. The molecule has 2 nitrogen and oxygen atoms in total. The Morgan fingerprint density at radius 1 is 1.25 bits per heavy atom. The number of benzene rings is 1. The van der Waals surface area contributed by atoms with Crippen LogP contribution in [0.2, 0.25) is 0 Å². The van der Waals surface area contributed by atoms with Crippen molar-refractivity contribution in [3.05, 3.63) is 35.4 Å². The van der Waals surface area contributed by atoms with Crippen LogP contribution >= 0.6 is 0 Å². The number of carbonyl (C=O) groups excluding carboxylic acids is 1. The molecule has 0 bridgehead atoms. The molecular formula is C14H19NO. The van der Waals surface area contributed by atoms with Gasteiger partial charge in [-0.05, 0) is 31.7 Å². The van der Waals surface area contributed by atoms with Gasteiger partial charge in [0.2, 0.25) is 5.91 Å². The first-order chi connectivity index (χ1) is 7.75. The molecule has 1 amide bonds. The van der Waals surface area contributed by atoms with E-state index in [2.05, 4.69) is 36.5 Å². The number of nitrogens with one attached hydrogen (secondary N) is 1. The standard InChI is InChI=1S/C14H19NO/c1-11-5-7-12(8-6-11)10-13-4-2-3-9-15-14(13)16/h5-8,13H,2-4,9-10H2,1H3,(H,15,16)/t13-/m1/s1. The SMILES string of the molecule is Cc1ccc(C[C@H]2CCCCNC2=O)cc1. The summed E-state index contributed by atoms with van der Waals surface area (Å²) in [7, 11) is 0. The maximum absolute atomic E-state index is 11.8. The highest BCUT2D eigenvalue weighted by atomic mass is 16.1. The molecule has 0 saturated carbocycles. The second-order valence-electron chi connectivity index (χ2n) is 4.67. The summed E-state index contributed by atoms with van der Waals surface area (Å²) in [5, 5.41) is 2.99. The second kappa shape index (κ2) is 5.15. The molecule has 1 aliphatic heterocycles. The number of rotatable bonds is 2. The van der Waals surface area contributed by atoms with Crippen LogP contribution in [0.4, 0.5) is 0 Å². The monoisotopic (exact) mass is 217 g/mol. The minimum Gasteiger partial charge on any atom is -0.356 e. The lowest BCUT2D eigenvalue weighted by atomic mass is 9.94. The van der Waals surface area contributed by atoms with Crippen LogP contribution in [-0.2, 0) is 11.2 Å². The molecule has 1 heterocycles. The van der Waals surface area contributed by atoms with E-state index >= 15 is 0 Å². The van der Waals surface area contributed by atoms with E-state index in [0.717, 1.165) is 32.2 Å². The molecular weight excluding hydrogens is 198 g/mol. The number of aryl methyl sites for hydroxylation is 1. The summed E-state index contributed by atoms with van der Waals surface area (Å²) >= 11 is 0. The van der Waals surface area contributed by atoms with Crippen molar-refractivity contribution in [2.45, 2.75) is 32.6 Å². The average molecular weight is 217 g/mol. The molecule has 1 aromatic carbocycles. The van der Waals surface area contributed by atoms with Crippen LogP contribution in [0.1, 0.15) is 30.4 Å². The molecule has 2 heteroatoms. The molecule has 2 rings (SSSR count). The van der Waals surface area contributed by atoms with E-state index < -0.39 is 0 Å². The van der Waals surface area contributed by atoms with Crippen molar-refractivity contribution in [1.29, 1.82) is 0 Å². The quantitative estimate of drug-likeness (QED) is 0.810. The van der Waals surface area contributed by atoms with Crippen molar-refractivity contribution < 1.29 is 4.79 Å². The van der Waals surface area contributed by atoms with E-state index in [0.29, 0.717) is 0 Å². The van der Waals surface area contributed by atoms with Crippen LogP contribution in [0.15, 0.2) is 24.3 Å². The number of hydrogen-bond acceptors (Lipinski definition) is 1. The highest BCUT2D eigenvalue weighted by Crippen LogP contribution is 2.18.